The summed E-state index contributed by atoms with van der Waals surface area (Å²) in [5, 5.41) is -0.247. The highest BCUT2D eigenvalue weighted by Crippen LogP contribution is 2.45. The van der Waals surface area contributed by atoms with Gasteiger partial charge >= 0.3 is 6.18 Å². The summed E-state index contributed by atoms with van der Waals surface area (Å²) in [5.41, 5.74) is -3.08. The first-order valence-corrected chi connectivity index (χ1v) is 14.3. The fraction of sp³-hybridized carbons (Fsp3) is 0.200. The fourth-order valence-corrected chi connectivity index (χ4v) is 7.39. The van der Waals surface area contributed by atoms with Gasteiger partial charge in [0.2, 0.25) is 17.6 Å². The maximum atomic E-state index is 15.9. The van der Waals surface area contributed by atoms with E-state index in [0.29, 0.717) is 4.90 Å². The highest BCUT2D eigenvalue weighted by molar-refractivity contribution is 8.13. The third-order valence-corrected chi connectivity index (χ3v) is 9.24. The smallest absolute Gasteiger partial charge is 0.416 e. The minimum Gasteiger partial charge on any atom is -0.453 e. The van der Waals surface area contributed by atoms with E-state index in [4.69, 9.17) is 12.2 Å². The van der Waals surface area contributed by atoms with E-state index in [-0.39, 0.29) is 38.8 Å². The average Bonchev–Trinajstić information content (AvgIpc) is 3.54. The molecule has 12 heteroatoms. The summed E-state index contributed by atoms with van der Waals surface area (Å²) < 4.78 is 99.2. The number of halogens is 5. The number of carbonyl (C=O) groups is 1. The van der Waals surface area contributed by atoms with Crippen molar-refractivity contribution in [1.29, 1.82) is 0 Å². The van der Waals surface area contributed by atoms with E-state index in [2.05, 4.69) is 0 Å². The zero-order valence-corrected chi connectivity index (χ0v) is 23.2. The number of alkyl halides is 3. The lowest BCUT2D eigenvalue weighted by atomic mass is 9.92. The third kappa shape index (κ3) is 4.86. The van der Waals surface area contributed by atoms with Gasteiger partial charge in [-0.2, -0.15) is 13.2 Å². The van der Waals surface area contributed by atoms with Crippen LogP contribution in [0, 0.1) is 18.6 Å². The van der Waals surface area contributed by atoms with Gasteiger partial charge in [0.1, 0.15) is 14.6 Å². The molecule has 2 aliphatic heterocycles. The second-order valence-electron chi connectivity index (χ2n) is 9.50. The van der Waals surface area contributed by atoms with Gasteiger partial charge in [-0.15, -0.1) is 11.8 Å². The molecular weight excluding hydrogens is 597 g/mol. The van der Waals surface area contributed by atoms with Gasteiger partial charge in [-0.1, -0.05) is 24.3 Å². The fourth-order valence-electron chi connectivity index (χ4n) is 5.07. The number of nitrogens with zero attached hydrogens (tertiary/aromatic N) is 1. The van der Waals surface area contributed by atoms with Crippen molar-refractivity contribution >= 4 is 28.6 Å². The van der Waals surface area contributed by atoms with Crippen LogP contribution >= 0.6 is 23.5 Å². The lowest BCUT2D eigenvalue weighted by Gasteiger charge is -2.21. The molecule has 5 nitrogen and oxygen atoms in total. The molecule has 6 rings (SSSR count). The Kier molecular flexibility index (Phi) is 6.67. The molecule has 42 heavy (non-hydrogen) atoms. The molecule has 3 aromatic carbocycles. The predicted molar refractivity (Wildman–Crippen MR) is 148 cm³/mol. The molecule has 0 bridgehead atoms. The van der Waals surface area contributed by atoms with E-state index < -0.39 is 64.6 Å². The number of aromatic nitrogens is 1. The Morgan fingerprint density at radius 3 is 2.57 bits per heavy atom. The number of carbonyl (C=O) groups excluding carboxylic acids is 1. The zero-order valence-electron chi connectivity index (χ0n) is 23.6. The molecule has 2 aliphatic rings. The number of thioether (sulfide) groups is 2. The Labute approximate surface area is 247 Å². The van der Waals surface area contributed by atoms with Crippen LogP contribution in [0.5, 0.6) is 11.5 Å². The van der Waals surface area contributed by atoms with Crippen LogP contribution in [0.2, 0.25) is 0 Å². The number of benzene rings is 3. The predicted octanol–water partition coefficient (Wildman–Crippen LogP) is 7.41. The SMILES string of the molecule is [2H]C1([2H])Oc2ccc(-c3c(C)c(Cc4c(F)cccc4C(F)(F)F)c4n(c3=O)C(C(=O)Sc3ccccc3)CS4)c(F)c2O1. The van der Waals surface area contributed by atoms with Gasteiger partial charge in [0.25, 0.3) is 5.56 Å². The Morgan fingerprint density at radius 1 is 1.07 bits per heavy atom. The number of hydrogen-bond donors (Lipinski definition) is 0. The molecule has 216 valence electrons. The second-order valence-corrected chi connectivity index (χ2v) is 11.6. The summed E-state index contributed by atoms with van der Waals surface area (Å²) in [6.07, 6.45) is -5.49. The first-order chi connectivity index (χ1) is 20.8. The van der Waals surface area contributed by atoms with Gasteiger partial charge in [-0.05, 0) is 66.2 Å². The average molecular weight is 620 g/mol. The van der Waals surface area contributed by atoms with Gasteiger partial charge in [-0.25, -0.2) is 8.78 Å². The summed E-state index contributed by atoms with van der Waals surface area (Å²) >= 11 is 1.96. The van der Waals surface area contributed by atoms with Crippen LogP contribution in [0.15, 0.2) is 75.4 Å². The van der Waals surface area contributed by atoms with Crippen LogP contribution in [0.3, 0.4) is 0 Å². The molecule has 0 saturated heterocycles. The molecule has 0 spiro atoms. The van der Waals surface area contributed by atoms with Gasteiger partial charge in [0, 0.05) is 28.2 Å². The Bertz CT molecular complexity index is 1880. The van der Waals surface area contributed by atoms with Crippen molar-refractivity contribution in [1.82, 2.24) is 4.57 Å². The number of ether oxygens (including phenoxy) is 2. The molecule has 4 aromatic rings. The number of hydrogen-bond acceptors (Lipinski definition) is 6. The number of pyridine rings is 1. The lowest BCUT2D eigenvalue weighted by Crippen LogP contribution is -2.30. The van der Waals surface area contributed by atoms with E-state index in [1.807, 2.05) is 0 Å². The van der Waals surface area contributed by atoms with Crippen LogP contribution in [-0.4, -0.2) is 22.2 Å². The summed E-state index contributed by atoms with van der Waals surface area (Å²) in [6, 6.07) is 12.6. The zero-order chi connectivity index (χ0) is 31.6. The van der Waals surface area contributed by atoms with Crippen molar-refractivity contribution < 1.29 is 39.0 Å². The maximum absolute atomic E-state index is 15.9. The van der Waals surface area contributed by atoms with Crippen molar-refractivity contribution in [3.8, 4) is 22.6 Å². The molecule has 1 unspecified atom stereocenters. The Hall–Kier alpha value is -3.77. The summed E-state index contributed by atoms with van der Waals surface area (Å²) in [4.78, 5) is 28.2. The van der Waals surface area contributed by atoms with Crippen molar-refractivity contribution in [2.45, 2.75) is 35.5 Å². The van der Waals surface area contributed by atoms with Gasteiger partial charge in [-0.3, -0.25) is 14.2 Å². The first kappa shape index (κ1) is 25.9. The maximum Gasteiger partial charge on any atom is 0.416 e. The molecule has 1 atom stereocenters. The molecule has 0 saturated carbocycles. The van der Waals surface area contributed by atoms with Gasteiger partial charge in [0.05, 0.1) is 16.2 Å². The summed E-state index contributed by atoms with van der Waals surface area (Å²) in [5.74, 6) is -3.02. The van der Waals surface area contributed by atoms with E-state index in [0.717, 1.165) is 46.3 Å². The van der Waals surface area contributed by atoms with Crippen LogP contribution < -0.4 is 15.0 Å². The molecule has 1 aromatic heterocycles. The van der Waals surface area contributed by atoms with Crippen molar-refractivity contribution in [3.63, 3.8) is 0 Å². The third-order valence-electron chi connectivity index (χ3n) is 7.06. The van der Waals surface area contributed by atoms with Gasteiger partial charge < -0.3 is 9.47 Å². The molecule has 0 fully saturated rings. The van der Waals surface area contributed by atoms with E-state index >= 15 is 8.78 Å². The topological polar surface area (TPSA) is 57.5 Å². The van der Waals surface area contributed by atoms with Crippen LogP contribution in [-0.2, 0) is 17.4 Å². The van der Waals surface area contributed by atoms with Crippen LogP contribution in [0.25, 0.3) is 11.1 Å². The van der Waals surface area contributed by atoms with Crippen molar-refractivity contribution in [3.05, 3.63) is 105 Å². The highest BCUT2D eigenvalue weighted by Gasteiger charge is 2.38. The normalized spacial score (nSPS) is 17.5. The molecular formula is C30H20F5NO4S2. The Morgan fingerprint density at radius 2 is 1.83 bits per heavy atom. The molecule has 0 aliphatic carbocycles. The minimum absolute atomic E-state index is 0.0665. The molecule has 0 radical (unpaired) electrons. The minimum atomic E-state index is -4.89. The molecule has 0 N–H and O–H groups in total. The summed E-state index contributed by atoms with van der Waals surface area (Å²) in [7, 11) is 0. The van der Waals surface area contributed by atoms with E-state index in [1.165, 1.54) is 19.1 Å². The number of rotatable bonds is 5. The number of fused-ring (bicyclic) bond motifs is 2. The highest BCUT2D eigenvalue weighted by atomic mass is 32.2. The van der Waals surface area contributed by atoms with Crippen LogP contribution in [0.4, 0.5) is 22.0 Å². The lowest BCUT2D eigenvalue weighted by molar-refractivity contribution is -0.138. The monoisotopic (exact) mass is 619 g/mol. The van der Waals surface area contributed by atoms with Crippen molar-refractivity contribution in [2.75, 3.05) is 12.5 Å². The molecule has 0 amide bonds. The quantitative estimate of drug-likeness (QED) is 0.171. The van der Waals surface area contributed by atoms with E-state index in [9.17, 15) is 22.8 Å². The van der Waals surface area contributed by atoms with Crippen LogP contribution in [0.1, 0.15) is 31.0 Å². The van der Waals surface area contributed by atoms with Crippen molar-refractivity contribution in [2.24, 2.45) is 0 Å². The second kappa shape index (κ2) is 10.8. The molecule has 3 heterocycles. The summed E-state index contributed by atoms with van der Waals surface area (Å²) in [6.45, 7) is -1.25. The van der Waals surface area contributed by atoms with Gasteiger partial charge in [0.15, 0.2) is 11.6 Å². The Balaban J connectivity index is 1.56. The first-order valence-electron chi connectivity index (χ1n) is 13.5. The van der Waals surface area contributed by atoms with E-state index in [1.54, 1.807) is 30.3 Å². The standard InChI is InChI=1S/C30H20F5NO4S2/c1-15-18(12-19-20(30(33,34)35)8-5-9-21(19)31)28-36(22(13-41-28)29(38)42-16-6-3-2-4-7-16)27(37)24(15)17-10-11-23-26(25(17)32)40-14-39-23/h2-11,22H,12-14H2,1H3/i14D2. The largest absolute Gasteiger partial charge is 0.453 e.